The third-order valence-electron chi connectivity index (χ3n) is 1.74. The summed E-state index contributed by atoms with van der Waals surface area (Å²) in [6, 6.07) is 0. The highest BCUT2D eigenvalue weighted by atomic mass is 16.5. The molecule has 0 unspecified atom stereocenters. The Balaban J connectivity index is 2.91. The molecule has 2 N–H and O–H groups in total. The Labute approximate surface area is 69.2 Å². The predicted octanol–water partition coefficient (Wildman–Crippen LogP) is 1.90. The van der Waals surface area contributed by atoms with E-state index >= 15 is 0 Å². The molecule has 0 aromatic heterocycles. The average Bonchev–Trinajstić information content (AvgIpc) is 1.85. The van der Waals surface area contributed by atoms with Crippen LogP contribution in [0.15, 0.2) is 0 Å². The first-order valence-electron chi connectivity index (χ1n) is 4.49. The Morgan fingerprint density at radius 3 is 1.91 bits per heavy atom. The zero-order valence-electron chi connectivity index (χ0n) is 7.58. The zero-order chi connectivity index (χ0) is 8.69. The molecule has 2 heteroatoms. The second-order valence-corrected chi connectivity index (χ2v) is 3.51. The highest BCUT2D eigenvalue weighted by Crippen LogP contribution is 2.09. The fourth-order valence-electron chi connectivity index (χ4n) is 1.06. The van der Waals surface area contributed by atoms with Crippen molar-refractivity contribution in [1.29, 1.82) is 0 Å². The van der Waals surface area contributed by atoms with Crippen LogP contribution in [0.3, 0.4) is 0 Å². The minimum absolute atomic E-state index is 0.526. The van der Waals surface area contributed by atoms with Crippen molar-refractivity contribution in [2.45, 2.75) is 52.2 Å². The molecule has 0 aromatic rings. The first kappa shape index (κ1) is 10.9. The molecule has 0 amide bonds. The van der Waals surface area contributed by atoms with E-state index < -0.39 is 6.29 Å². The van der Waals surface area contributed by atoms with E-state index in [-0.39, 0.29) is 0 Å². The monoisotopic (exact) mass is 160 g/mol. The molecular weight excluding hydrogens is 140 g/mol. The van der Waals surface area contributed by atoms with Crippen LogP contribution in [0, 0.1) is 5.92 Å². The molecule has 0 aliphatic heterocycles. The van der Waals surface area contributed by atoms with Crippen LogP contribution >= 0.6 is 0 Å². The van der Waals surface area contributed by atoms with E-state index in [9.17, 15) is 0 Å². The normalized spacial score (nSPS) is 11.5. The summed E-state index contributed by atoms with van der Waals surface area (Å²) in [6.07, 6.45) is 3.94. The van der Waals surface area contributed by atoms with Crippen molar-refractivity contribution < 1.29 is 10.2 Å². The summed E-state index contributed by atoms with van der Waals surface area (Å²) in [5.41, 5.74) is 0. The Morgan fingerprint density at radius 1 is 0.909 bits per heavy atom. The van der Waals surface area contributed by atoms with E-state index in [2.05, 4.69) is 13.8 Å². The van der Waals surface area contributed by atoms with Gasteiger partial charge in [0.15, 0.2) is 6.29 Å². The van der Waals surface area contributed by atoms with E-state index in [1.807, 2.05) is 0 Å². The van der Waals surface area contributed by atoms with Crippen molar-refractivity contribution >= 4 is 0 Å². The van der Waals surface area contributed by atoms with Crippen LogP contribution in [0.2, 0.25) is 0 Å². The second kappa shape index (κ2) is 6.62. The fourth-order valence-corrected chi connectivity index (χ4v) is 1.06. The summed E-state index contributed by atoms with van der Waals surface area (Å²) < 4.78 is 0. The van der Waals surface area contributed by atoms with Gasteiger partial charge >= 0.3 is 0 Å². The van der Waals surface area contributed by atoms with Gasteiger partial charge in [0, 0.05) is 0 Å². The summed E-state index contributed by atoms with van der Waals surface area (Å²) in [5, 5.41) is 17.0. The quantitative estimate of drug-likeness (QED) is 0.460. The molecule has 68 valence electrons. The molecule has 0 fully saturated rings. The largest absolute Gasteiger partial charge is 0.368 e. The number of unbranched alkanes of at least 4 members (excludes halogenated alkanes) is 2. The molecule has 0 radical (unpaired) electrons. The maximum absolute atomic E-state index is 8.52. The van der Waals surface area contributed by atoms with E-state index in [4.69, 9.17) is 10.2 Å². The molecule has 0 bridgehead atoms. The van der Waals surface area contributed by atoms with Crippen LogP contribution in [-0.4, -0.2) is 16.5 Å². The number of aliphatic hydroxyl groups excluding tert-OH is 1. The molecule has 0 saturated heterocycles. The Morgan fingerprint density at radius 2 is 1.45 bits per heavy atom. The maximum Gasteiger partial charge on any atom is 0.151 e. The number of hydrogen-bond donors (Lipinski definition) is 2. The molecule has 0 spiro atoms. The smallest absolute Gasteiger partial charge is 0.151 e. The van der Waals surface area contributed by atoms with Crippen molar-refractivity contribution in [1.82, 2.24) is 0 Å². The van der Waals surface area contributed by atoms with E-state index in [0.29, 0.717) is 6.42 Å². The van der Waals surface area contributed by atoms with E-state index in [1.165, 1.54) is 12.8 Å². The molecule has 0 atom stereocenters. The summed E-state index contributed by atoms with van der Waals surface area (Å²) in [7, 11) is 0. The molecule has 11 heavy (non-hydrogen) atoms. The molecule has 0 aromatic carbocycles. The summed E-state index contributed by atoms with van der Waals surface area (Å²) >= 11 is 0. The van der Waals surface area contributed by atoms with Crippen LogP contribution in [0.1, 0.15) is 46.0 Å². The van der Waals surface area contributed by atoms with Gasteiger partial charge in [0.05, 0.1) is 0 Å². The van der Waals surface area contributed by atoms with Gasteiger partial charge in [-0.15, -0.1) is 0 Å². The van der Waals surface area contributed by atoms with Crippen LogP contribution in [0.5, 0.6) is 0 Å². The first-order chi connectivity index (χ1) is 5.13. The molecule has 2 nitrogen and oxygen atoms in total. The number of hydrogen-bond acceptors (Lipinski definition) is 2. The number of aliphatic hydroxyl groups is 2. The van der Waals surface area contributed by atoms with Gasteiger partial charge in [0.25, 0.3) is 0 Å². The molecule has 0 heterocycles. The van der Waals surface area contributed by atoms with Gasteiger partial charge in [-0.05, 0) is 18.8 Å². The number of rotatable bonds is 6. The van der Waals surface area contributed by atoms with Gasteiger partial charge < -0.3 is 10.2 Å². The van der Waals surface area contributed by atoms with Crippen molar-refractivity contribution in [3.8, 4) is 0 Å². The lowest BCUT2D eigenvalue weighted by molar-refractivity contribution is -0.0466. The highest BCUT2D eigenvalue weighted by molar-refractivity contribution is 4.48. The lowest BCUT2D eigenvalue weighted by atomic mass is 10.0. The zero-order valence-corrected chi connectivity index (χ0v) is 7.58. The molecule has 0 rings (SSSR count). The molecular formula is C9H20O2. The van der Waals surface area contributed by atoms with Crippen LogP contribution < -0.4 is 0 Å². The van der Waals surface area contributed by atoms with Crippen LogP contribution in [-0.2, 0) is 0 Å². The molecule has 0 saturated carbocycles. The van der Waals surface area contributed by atoms with E-state index in [1.54, 1.807) is 0 Å². The second-order valence-electron chi connectivity index (χ2n) is 3.51. The molecule has 0 aliphatic carbocycles. The SMILES string of the molecule is CC(C)CCCCCC(O)O. The van der Waals surface area contributed by atoms with Crippen molar-refractivity contribution in [3.05, 3.63) is 0 Å². The third kappa shape index (κ3) is 9.92. The fraction of sp³-hybridized carbons (Fsp3) is 1.00. The first-order valence-corrected chi connectivity index (χ1v) is 4.49. The third-order valence-corrected chi connectivity index (χ3v) is 1.74. The van der Waals surface area contributed by atoms with Gasteiger partial charge in [-0.3, -0.25) is 0 Å². The minimum atomic E-state index is -1.10. The van der Waals surface area contributed by atoms with Gasteiger partial charge in [-0.25, -0.2) is 0 Å². The van der Waals surface area contributed by atoms with Crippen molar-refractivity contribution in [2.24, 2.45) is 5.92 Å². The highest BCUT2D eigenvalue weighted by Gasteiger charge is 1.97. The Bertz CT molecular complexity index is 69.6. The molecule has 0 aliphatic rings. The lowest BCUT2D eigenvalue weighted by Crippen LogP contribution is -2.03. The van der Waals surface area contributed by atoms with Crippen LogP contribution in [0.4, 0.5) is 0 Å². The average molecular weight is 160 g/mol. The van der Waals surface area contributed by atoms with Gasteiger partial charge in [-0.1, -0.05) is 33.1 Å². The topological polar surface area (TPSA) is 40.5 Å². The standard InChI is InChI=1S/C9H20O2/c1-8(2)6-4-3-5-7-9(10)11/h8-11H,3-7H2,1-2H3. The Kier molecular flexibility index (Phi) is 6.57. The van der Waals surface area contributed by atoms with Crippen molar-refractivity contribution in [3.63, 3.8) is 0 Å². The lowest BCUT2D eigenvalue weighted by Gasteiger charge is -2.04. The predicted molar refractivity (Wildman–Crippen MR) is 46.1 cm³/mol. The van der Waals surface area contributed by atoms with Gasteiger partial charge in [0.1, 0.15) is 0 Å². The summed E-state index contributed by atoms with van der Waals surface area (Å²) in [5.74, 6) is 0.772. The van der Waals surface area contributed by atoms with Crippen molar-refractivity contribution in [2.75, 3.05) is 0 Å². The minimum Gasteiger partial charge on any atom is -0.368 e. The van der Waals surface area contributed by atoms with Crippen LogP contribution in [0.25, 0.3) is 0 Å². The maximum atomic E-state index is 8.52. The van der Waals surface area contributed by atoms with Gasteiger partial charge in [-0.2, -0.15) is 0 Å². The summed E-state index contributed by atoms with van der Waals surface area (Å²) in [4.78, 5) is 0. The van der Waals surface area contributed by atoms with E-state index in [0.717, 1.165) is 18.8 Å². The Hall–Kier alpha value is -0.0800. The summed E-state index contributed by atoms with van der Waals surface area (Å²) in [6.45, 7) is 4.42. The van der Waals surface area contributed by atoms with Gasteiger partial charge in [0.2, 0.25) is 0 Å².